The van der Waals surface area contributed by atoms with Gasteiger partial charge in [0, 0.05) is 35.5 Å². The molecule has 1 aromatic heterocycles. The predicted octanol–water partition coefficient (Wildman–Crippen LogP) is 5.39. The van der Waals surface area contributed by atoms with Crippen LogP contribution in [0.25, 0.3) is 28.3 Å². The van der Waals surface area contributed by atoms with E-state index in [0.29, 0.717) is 51.4 Å². The first-order valence-corrected chi connectivity index (χ1v) is 11.3. The van der Waals surface area contributed by atoms with E-state index in [4.69, 9.17) is 9.47 Å². The molecule has 2 aromatic carbocycles. The smallest absolute Gasteiger partial charge is 0.355 e. The van der Waals surface area contributed by atoms with Crippen molar-refractivity contribution in [2.75, 3.05) is 20.8 Å². The van der Waals surface area contributed by atoms with E-state index in [0.717, 1.165) is 0 Å². The van der Waals surface area contributed by atoms with Gasteiger partial charge in [-0.1, -0.05) is 26.5 Å². The Hall–Kier alpha value is -4.40. The Kier molecular flexibility index (Phi) is 7.93. The number of nitrogens with zero attached hydrogens (tertiary/aromatic N) is 1. The summed E-state index contributed by atoms with van der Waals surface area (Å²) >= 11 is 0. The van der Waals surface area contributed by atoms with E-state index in [-0.39, 0.29) is 23.2 Å². The molecule has 0 aliphatic rings. The Morgan fingerprint density at radius 2 is 1.89 bits per heavy atom. The number of aromatic amines is 1. The number of nitrogens with one attached hydrogen (secondary N) is 2. The van der Waals surface area contributed by atoms with Crippen LogP contribution in [0, 0.1) is 23.0 Å². The number of amides is 1. The first-order valence-electron chi connectivity index (χ1n) is 11.3. The third-order valence-electron chi connectivity index (χ3n) is 5.72. The topological polar surface area (TPSA) is 124 Å². The number of esters is 1. The van der Waals surface area contributed by atoms with Crippen LogP contribution in [0.3, 0.4) is 0 Å². The normalized spacial score (nSPS) is 10.7. The van der Waals surface area contributed by atoms with Crippen LogP contribution in [0.15, 0.2) is 43.0 Å². The predicted molar refractivity (Wildman–Crippen MR) is 138 cm³/mol. The second-order valence-corrected chi connectivity index (χ2v) is 8.63. The van der Waals surface area contributed by atoms with E-state index in [1.54, 1.807) is 37.3 Å². The van der Waals surface area contributed by atoms with Crippen LogP contribution in [0.1, 0.15) is 46.0 Å². The molecule has 0 atom stereocenters. The molecule has 0 fully saturated rings. The van der Waals surface area contributed by atoms with Crippen molar-refractivity contribution in [3.63, 3.8) is 0 Å². The molecule has 36 heavy (non-hydrogen) atoms. The van der Waals surface area contributed by atoms with Gasteiger partial charge in [-0.3, -0.25) is 14.9 Å². The fourth-order valence-electron chi connectivity index (χ4n) is 3.96. The molecule has 1 heterocycles. The number of rotatable bonds is 9. The van der Waals surface area contributed by atoms with Gasteiger partial charge in [-0.25, -0.2) is 4.79 Å². The van der Waals surface area contributed by atoms with Gasteiger partial charge in [0.1, 0.15) is 11.4 Å². The zero-order chi connectivity index (χ0) is 26.6. The average Bonchev–Trinajstić information content (AvgIpc) is 3.25. The van der Waals surface area contributed by atoms with Crippen LogP contribution in [-0.2, 0) is 4.74 Å². The van der Waals surface area contributed by atoms with Crippen LogP contribution in [0.2, 0.25) is 0 Å². The van der Waals surface area contributed by atoms with E-state index in [1.807, 2.05) is 13.8 Å². The highest BCUT2D eigenvalue weighted by molar-refractivity contribution is 6.05. The van der Waals surface area contributed by atoms with Crippen LogP contribution in [0.5, 0.6) is 5.75 Å². The Morgan fingerprint density at radius 3 is 2.44 bits per heavy atom. The highest BCUT2D eigenvalue weighted by atomic mass is 16.6. The Balaban J connectivity index is 2.26. The highest BCUT2D eigenvalue weighted by Gasteiger charge is 2.26. The van der Waals surface area contributed by atoms with Gasteiger partial charge in [0.25, 0.3) is 11.6 Å². The molecule has 0 radical (unpaired) electrons. The molecule has 0 aliphatic carbocycles. The van der Waals surface area contributed by atoms with E-state index < -0.39 is 10.9 Å². The number of hydrogen-bond donors (Lipinski definition) is 2. The molecule has 0 saturated heterocycles. The van der Waals surface area contributed by atoms with Crippen LogP contribution < -0.4 is 10.1 Å². The van der Waals surface area contributed by atoms with E-state index in [1.165, 1.54) is 26.4 Å². The van der Waals surface area contributed by atoms with Crippen molar-refractivity contribution in [2.45, 2.75) is 20.8 Å². The van der Waals surface area contributed by atoms with Crippen LogP contribution >= 0.6 is 0 Å². The van der Waals surface area contributed by atoms with Gasteiger partial charge in [0.2, 0.25) is 0 Å². The van der Waals surface area contributed by atoms with Gasteiger partial charge in [0.05, 0.1) is 24.7 Å². The number of ether oxygens (including phenoxy) is 2. The lowest BCUT2D eigenvalue weighted by atomic mass is 9.91. The monoisotopic (exact) mass is 491 g/mol. The second kappa shape index (κ2) is 10.9. The minimum atomic E-state index is -0.600. The minimum Gasteiger partial charge on any atom is -0.496 e. The number of carbonyl (C=O) groups is 2. The fourth-order valence-corrected chi connectivity index (χ4v) is 3.96. The summed E-state index contributed by atoms with van der Waals surface area (Å²) in [6.07, 6.45) is 1.57. The first-order chi connectivity index (χ1) is 17.1. The quantitative estimate of drug-likeness (QED) is 0.235. The van der Waals surface area contributed by atoms with Crippen molar-refractivity contribution in [1.82, 2.24) is 10.3 Å². The van der Waals surface area contributed by atoms with E-state index in [9.17, 15) is 19.7 Å². The zero-order valence-electron chi connectivity index (χ0n) is 20.9. The van der Waals surface area contributed by atoms with Crippen LogP contribution in [0.4, 0.5) is 5.69 Å². The SMILES string of the molecule is C=Cc1[nH]c(C(=O)OC)c(-c2ccc(C(=O)NCC(C)C)c(OC)c2)c1-c1ccc([N+](=O)[O-])cc1C. The molecule has 3 rings (SSSR count). The number of carbonyl (C=O) groups excluding carboxylic acids is 2. The highest BCUT2D eigenvalue weighted by Crippen LogP contribution is 2.42. The van der Waals surface area contributed by atoms with Crippen molar-refractivity contribution >= 4 is 23.6 Å². The summed E-state index contributed by atoms with van der Waals surface area (Å²) in [4.78, 5) is 39.4. The molecule has 9 heteroatoms. The number of non-ortho nitro benzene ring substituents is 1. The maximum atomic E-state index is 12.8. The number of aromatic nitrogens is 1. The summed E-state index contributed by atoms with van der Waals surface area (Å²) in [7, 11) is 2.74. The summed E-state index contributed by atoms with van der Waals surface area (Å²) in [5.41, 5.74) is 4.06. The number of benzene rings is 2. The number of hydrogen-bond acceptors (Lipinski definition) is 6. The number of methoxy groups -OCH3 is 2. The van der Waals surface area contributed by atoms with Crippen molar-refractivity contribution in [3.05, 3.63) is 75.6 Å². The van der Waals surface area contributed by atoms with Crippen molar-refractivity contribution in [3.8, 4) is 28.0 Å². The summed E-state index contributed by atoms with van der Waals surface area (Å²) in [6, 6.07) is 9.56. The molecule has 188 valence electrons. The zero-order valence-corrected chi connectivity index (χ0v) is 20.9. The molecule has 0 spiro atoms. The molecule has 0 aliphatic heterocycles. The lowest BCUT2D eigenvalue weighted by molar-refractivity contribution is -0.384. The van der Waals surface area contributed by atoms with Gasteiger partial charge in [-0.05, 0) is 53.8 Å². The molecule has 0 saturated carbocycles. The van der Waals surface area contributed by atoms with Crippen LogP contribution in [-0.4, -0.2) is 42.5 Å². The number of H-pyrrole nitrogens is 1. The molecule has 1 amide bonds. The van der Waals surface area contributed by atoms with Crippen molar-refractivity contribution in [2.24, 2.45) is 5.92 Å². The molecule has 0 unspecified atom stereocenters. The molecule has 9 nitrogen and oxygen atoms in total. The number of nitro groups is 1. The van der Waals surface area contributed by atoms with E-state index in [2.05, 4.69) is 16.9 Å². The third-order valence-corrected chi connectivity index (χ3v) is 5.72. The third kappa shape index (κ3) is 5.14. The number of nitro benzene ring substituents is 1. The van der Waals surface area contributed by atoms with Gasteiger partial charge in [-0.15, -0.1) is 0 Å². The summed E-state index contributed by atoms with van der Waals surface area (Å²) in [5, 5.41) is 14.1. The lowest BCUT2D eigenvalue weighted by Crippen LogP contribution is -2.27. The summed E-state index contributed by atoms with van der Waals surface area (Å²) < 4.78 is 10.5. The molecular formula is C27H29N3O6. The average molecular weight is 492 g/mol. The van der Waals surface area contributed by atoms with Gasteiger partial charge in [-0.2, -0.15) is 0 Å². The van der Waals surface area contributed by atoms with Gasteiger partial charge < -0.3 is 19.8 Å². The summed E-state index contributed by atoms with van der Waals surface area (Å²) in [5.74, 6) is -0.256. The van der Waals surface area contributed by atoms with Crippen molar-refractivity contribution in [1.29, 1.82) is 0 Å². The van der Waals surface area contributed by atoms with Crippen molar-refractivity contribution < 1.29 is 24.0 Å². The summed E-state index contributed by atoms with van der Waals surface area (Å²) in [6.45, 7) is 10.1. The maximum absolute atomic E-state index is 12.8. The van der Waals surface area contributed by atoms with Gasteiger partial charge in [0.15, 0.2) is 0 Å². The molecule has 0 bridgehead atoms. The molecule has 3 aromatic rings. The second-order valence-electron chi connectivity index (χ2n) is 8.63. The fraction of sp³-hybridized carbons (Fsp3) is 0.259. The Bertz CT molecular complexity index is 1340. The van der Waals surface area contributed by atoms with Gasteiger partial charge >= 0.3 is 5.97 Å². The Labute approximate surface area is 209 Å². The maximum Gasteiger partial charge on any atom is 0.355 e. The minimum absolute atomic E-state index is 0.0416. The lowest BCUT2D eigenvalue weighted by Gasteiger charge is -2.14. The first kappa shape index (κ1) is 26.2. The van der Waals surface area contributed by atoms with E-state index >= 15 is 0 Å². The largest absolute Gasteiger partial charge is 0.496 e. The standard InChI is InChI=1S/C27H29N3O6/c1-7-21-24(19-11-9-18(30(33)34)12-16(19)4)23(25(29-21)27(32)36-6)17-8-10-20(22(13-17)35-5)26(31)28-14-15(2)3/h7-13,15,29H,1,14H2,2-6H3,(H,28,31). The molecular weight excluding hydrogens is 462 g/mol. The number of aryl methyl sites for hydroxylation is 1. The Morgan fingerprint density at radius 1 is 1.17 bits per heavy atom. The molecule has 2 N–H and O–H groups in total.